The van der Waals surface area contributed by atoms with Gasteiger partial charge in [0.25, 0.3) is 0 Å². The Bertz CT molecular complexity index is 363. The molecule has 1 heterocycles. The van der Waals surface area contributed by atoms with Gasteiger partial charge >= 0.3 is 0 Å². The number of rotatable bonds is 1. The maximum atomic E-state index is 3.49. The molecular formula is C13H19BrN2. The molecule has 0 N–H and O–H groups in total. The molecule has 2 nitrogen and oxygen atoms in total. The molecule has 1 unspecified atom stereocenters. The number of nitrogens with zero attached hydrogens (tertiary/aromatic N) is 2. The van der Waals surface area contributed by atoms with Gasteiger partial charge in [-0.1, -0.05) is 28.1 Å². The summed E-state index contributed by atoms with van der Waals surface area (Å²) in [5.41, 5.74) is 1.53. The van der Waals surface area contributed by atoms with Crippen LogP contribution in [0.1, 0.15) is 12.5 Å². The molecule has 0 aromatic heterocycles. The van der Waals surface area contributed by atoms with E-state index in [2.05, 4.69) is 71.0 Å². The lowest BCUT2D eigenvalue weighted by atomic mass is 9.88. The van der Waals surface area contributed by atoms with Crippen LogP contribution in [-0.4, -0.2) is 43.5 Å². The van der Waals surface area contributed by atoms with E-state index in [1.165, 1.54) is 5.56 Å². The third-order valence-corrected chi connectivity index (χ3v) is 4.23. The number of hydrogen-bond acceptors (Lipinski definition) is 2. The van der Waals surface area contributed by atoms with Gasteiger partial charge in [-0.25, -0.2) is 0 Å². The molecule has 1 aromatic rings. The molecule has 3 heteroatoms. The van der Waals surface area contributed by atoms with Crippen LogP contribution in [0, 0.1) is 0 Å². The van der Waals surface area contributed by atoms with Gasteiger partial charge in [0.05, 0.1) is 5.54 Å². The molecule has 1 atom stereocenters. The van der Waals surface area contributed by atoms with Crippen LogP contribution >= 0.6 is 15.9 Å². The predicted octanol–water partition coefficient (Wildman–Crippen LogP) is 2.54. The average Bonchev–Trinajstić information content (AvgIpc) is 2.25. The van der Waals surface area contributed by atoms with Gasteiger partial charge in [0.15, 0.2) is 0 Å². The summed E-state index contributed by atoms with van der Waals surface area (Å²) in [6, 6.07) is 8.70. The lowest BCUT2D eigenvalue weighted by Gasteiger charge is -2.46. The van der Waals surface area contributed by atoms with Crippen molar-refractivity contribution in [2.24, 2.45) is 0 Å². The summed E-state index contributed by atoms with van der Waals surface area (Å²) in [4.78, 5) is 4.86. The topological polar surface area (TPSA) is 6.48 Å². The molecule has 1 aliphatic rings. The van der Waals surface area contributed by atoms with Crippen LogP contribution in [0.4, 0.5) is 0 Å². The number of likely N-dealkylation sites (N-methyl/N-ethyl adjacent to an activating group) is 2. The first-order chi connectivity index (χ1) is 7.52. The lowest BCUT2D eigenvalue weighted by Crippen LogP contribution is -2.56. The van der Waals surface area contributed by atoms with E-state index in [1.54, 1.807) is 0 Å². The number of piperazine rings is 1. The van der Waals surface area contributed by atoms with Crippen molar-refractivity contribution in [1.82, 2.24) is 9.80 Å². The summed E-state index contributed by atoms with van der Waals surface area (Å²) < 4.78 is 1.15. The minimum absolute atomic E-state index is 0.133. The first kappa shape index (κ1) is 12.1. The van der Waals surface area contributed by atoms with E-state index in [4.69, 9.17) is 0 Å². The van der Waals surface area contributed by atoms with Crippen LogP contribution < -0.4 is 0 Å². The SMILES string of the molecule is CN1CCN(C)C(C)(c2ccc(Br)cc2)C1. The minimum atomic E-state index is 0.133. The monoisotopic (exact) mass is 282 g/mol. The molecule has 1 fully saturated rings. The van der Waals surface area contributed by atoms with Crippen LogP contribution in [0.3, 0.4) is 0 Å². The summed E-state index contributed by atoms with van der Waals surface area (Å²) in [5, 5.41) is 0. The zero-order chi connectivity index (χ0) is 11.8. The van der Waals surface area contributed by atoms with E-state index < -0.39 is 0 Å². The Morgan fingerprint density at radius 2 is 1.75 bits per heavy atom. The van der Waals surface area contributed by atoms with Gasteiger partial charge in [-0.3, -0.25) is 4.90 Å². The highest BCUT2D eigenvalue weighted by Crippen LogP contribution is 2.31. The molecular weight excluding hydrogens is 264 g/mol. The molecule has 0 spiro atoms. The molecule has 16 heavy (non-hydrogen) atoms. The summed E-state index contributed by atoms with van der Waals surface area (Å²) in [7, 11) is 4.42. The maximum Gasteiger partial charge on any atom is 0.0557 e. The molecule has 0 saturated carbocycles. The van der Waals surface area contributed by atoms with Crippen molar-refractivity contribution in [3.63, 3.8) is 0 Å². The van der Waals surface area contributed by atoms with E-state index >= 15 is 0 Å². The third kappa shape index (κ3) is 2.17. The van der Waals surface area contributed by atoms with Crippen LogP contribution in [0.2, 0.25) is 0 Å². The highest BCUT2D eigenvalue weighted by Gasteiger charge is 2.35. The van der Waals surface area contributed by atoms with Crippen molar-refractivity contribution in [1.29, 1.82) is 0 Å². The van der Waals surface area contributed by atoms with Crippen molar-refractivity contribution in [2.45, 2.75) is 12.5 Å². The van der Waals surface area contributed by atoms with Crippen LogP contribution in [0.5, 0.6) is 0 Å². The Morgan fingerprint density at radius 1 is 1.12 bits per heavy atom. The van der Waals surface area contributed by atoms with Crippen LogP contribution in [0.15, 0.2) is 28.7 Å². The van der Waals surface area contributed by atoms with Gasteiger partial charge < -0.3 is 4.90 Å². The van der Waals surface area contributed by atoms with Crippen molar-refractivity contribution < 1.29 is 0 Å². The molecule has 1 aliphatic heterocycles. The molecule has 0 radical (unpaired) electrons. The Labute approximate surface area is 106 Å². The smallest absolute Gasteiger partial charge is 0.0557 e. The van der Waals surface area contributed by atoms with Gasteiger partial charge in [-0.2, -0.15) is 0 Å². The van der Waals surface area contributed by atoms with Crippen molar-refractivity contribution >= 4 is 15.9 Å². The standard InChI is InChI=1S/C13H19BrN2/c1-13(10-15(2)8-9-16(13)3)11-4-6-12(14)7-5-11/h4-7H,8-10H2,1-3H3. The van der Waals surface area contributed by atoms with Crippen molar-refractivity contribution in [3.8, 4) is 0 Å². The normalized spacial score (nSPS) is 28.2. The molecule has 1 aromatic carbocycles. The third-order valence-electron chi connectivity index (χ3n) is 3.70. The van der Waals surface area contributed by atoms with Gasteiger partial charge in [-0.05, 0) is 38.7 Å². The average molecular weight is 283 g/mol. The van der Waals surface area contributed by atoms with E-state index in [9.17, 15) is 0 Å². The molecule has 0 amide bonds. The number of benzene rings is 1. The summed E-state index contributed by atoms with van der Waals surface area (Å²) in [5.74, 6) is 0. The zero-order valence-corrected chi connectivity index (χ0v) is 11.8. The maximum absolute atomic E-state index is 3.49. The van der Waals surface area contributed by atoms with Gasteiger partial charge in [0.2, 0.25) is 0 Å². The van der Waals surface area contributed by atoms with E-state index in [-0.39, 0.29) is 5.54 Å². The fourth-order valence-electron chi connectivity index (χ4n) is 2.41. The molecule has 0 bridgehead atoms. The van der Waals surface area contributed by atoms with E-state index in [0.29, 0.717) is 0 Å². The minimum Gasteiger partial charge on any atom is -0.303 e. The molecule has 2 rings (SSSR count). The first-order valence-corrected chi connectivity index (χ1v) is 6.47. The molecule has 1 saturated heterocycles. The van der Waals surface area contributed by atoms with Crippen molar-refractivity contribution in [2.75, 3.05) is 33.7 Å². The first-order valence-electron chi connectivity index (χ1n) is 5.68. The van der Waals surface area contributed by atoms with Gasteiger partial charge in [0, 0.05) is 24.1 Å². The highest BCUT2D eigenvalue weighted by molar-refractivity contribution is 9.10. The van der Waals surface area contributed by atoms with Crippen LogP contribution in [-0.2, 0) is 5.54 Å². The second-order valence-corrected chi connectivity index (χ2v) is 5.86. The Morgan fingerprint density at radius 3 is 2.38 bits per heavy atom. The van der Waals surface area contributed by atoms with Gasteiger partial charge in [0.1, 0.15) is 0 Å². The highest BCUT2D eigenvalue weighted by atomic mass is 79.9. The molecule has 88 valence electrons. The summed E-state index contributed by atoms with van der Waals surface area (Å²) in [6.07, 6.45) is 0. The number of halogens is 1. The summed E-state index contributed by atoms with van der Waals surface area (Å²) >= 11 is 3.49. The van der Waals surface area contributed by atoms with Crippen LogP contribution in [0.25, 0.3) is 0 Å². The van der Waals surface area contributed by atoms with E-state index in [0.717, 1.165) is 24.1 Å². The fourth-order valence-corrected chi connectivity index (χ4v) is 2.68. The summed E-state index contributed by atoms with van der Waals surface area (Å²) in [6.45, 7) is 5.70. The second-order valence-electron chi connectivity index (χ2n) is 4.94. The lowest BCUT2D eigenvalue weighted by molar-refractivity contribution is 0.0380. The fraction of sp³-hybridized carbons (Fsp3) is 0.538. The predicted molar refractivity (Wildman–Crippen MR) is 71.6 cm³/mol. The second kappa shape index (κ2) is 4.47. The Hall–Kier alpha value is -0.380. The quantitative estimate of drug-likeness (QED) is 0.781. The Balaban J connectivity index is 2.32. The number of hydrogen-bond donors (Lipinski definition) is 0. The molecule has 0 aliphatic carbocycles. The largest absolute Gasteiger partial charge is 0.303 e. The zero-order valence-electron chi connectivity index (χ0n) is 10.2. The van der Waals surface area contributed by atoms with Gasteiger partial charge in [-0.15, -0.1) is 0 Å². The Kier molecular flexibility index (Phi) is 3.38. The van der Waals surface area contributed by atoms with Crippen molar-refractivity contribution in [3.05, 3.63) is 34.3 Å². The van der Waals surface area contributed by atoms with E-state index in [1.807, 2.05) is 0 Å².